The third-order valence-corrected chi connectivity index (χ3v) is 5.50. The van der Waals surface area contributed by atoms with Gasteiger partial charge < -0.3 is 15.4 Å². The second-order valence-corrected chi connectivity index (χ2v) is 7.17. The van der Waals surface area contributed by atoms with Crippen molar-refractivity contribution in [3.63, 3.8) is 0 Å². The average Bonchev–Trinajstić information content (AvgIpc) is 2.59. The molecule has 3 unspecified atom stereocenters. The van der Waals surface area contributed by atoms with Gasteiger partial charge in [-0.3, -0.25) is 4.90 Å². The predicted octanol–water partition coefficient (Wildman–Crippen LogP) is 1.69. The van der Waals surface area contributed by atoms with Gasteiger partial charge in [0.05, 0.1) is 5.60 Å². The van der Waals surface area contributed by atoms with Crippen molar-refractivity contribution in [2.75, 3.05) is 39.8 Å². The minimum absolute atomic E-state index is 0.00442. The van der Waals surface area contributed by atoms with E-state index in [4.69, 9.17) is 10.5 Å². The molecular weight excluding hydrogens is 250 g/mol. The van der Waals surface area contributed by atoms with Gasteiger partial charge in [0.2, 0.25) is 0 Å². The quantitative estimate of drug-likeness (QED) is 0.856. The number of nitrogens with zero attached hydrogens (tertiary/aromatic N) is 2. The van der Waals surface area contributed by atoms with E-state index in [9.17, 15) is 0 Å². The average molecular weight is 283 g/mol. The number of ether oxygens (including phenoxy) is 1. The van der Waals surface area contributed by atoms with Gasteiger partial charge in [-0.25, -0.2) is 0 Å². The highest BCUT2D eigenvalue weighted by atomic mass is 16.5. The summed E-state index contributed by atoms with van der Waals surface area (Å²) in [5.74, 6) is 0. The smallest absolute Gasteiger partial charge is 0.0670 e. The summed E-state index contributed by atoms with van der Waals surface area (Å²) in [6.45, 7) is 12.0. The highest BCUT2D eigenvalue weighted by Crippen LogP contribution is 2.39. The van der Waals surface area contributed by atoms with Crippen LogP contribution in [0, 0.1) is 0 Å². The molecule has 2 aliphatic rings. The van der Waals surface area contributed by atoms with Gasteiger partial charge in [0.15, 0.2) is 0 Å². The van der Waals surface area contributed by atoms with E-state index in [2.05, 4.69) is 37.6 Å². The minimum atomic E-state index is -0.00442. The SMILES string of the molecule is CCC1(C)CC(CN)(N2CCCN(C)CC2C)CCO1. The van der Waals surface area contributed by atoms with Crippen molar-refractivity contribution >= 4 is 0 Å². The second-order valence-electron chi connectivity index (χ2n) is 7.17. The lowest BCUT2D eigenvalue weighted by Gasteiger charge is -2.53. The Balaban J connectivity index is 2.20. The molecule has 2 saturated heterocycles. The molecule has 2 N–H and O–H groups in total. The third kappa shape index (κ3) is 3.19. The molecule has 0 radical (unpaired) electrons. The molecule has 2 rings (SSSR count). The van der Waals surface area contributed by atoms with Gasteiger partial charge in [-0.05, 0) is 53.1 Å². The van der Waals surface area contributed by atoms with Crippen LogP contribution in [0.2, 0.25) is 0 Å². The molecule has 0 saturated carbocycles. The molecule has 0 spiro atoms. The van der Waals surface area contributed by atoms with Crippen LogP contribution in [-0.4, -0.2) is 66.8 Å². The Morgan fingerprint density at radius 3 is 2.75 bits per heavy atom. The fraction of sp³-hybridized carbons (Fsp3) is 1.00. The van der Waals surface area contributed by atoms with E-state index >= 15 is 0 Å². The molecule has 118 valence electrons. The standard InChI is InChI=1S/C16H33N3O/c1-5-15(3)12-16(13-17,7-10-20-15)19-9-6-8-18(4)11-14(19)2/h14H,5-13,17H2,1-4H3. The van der Waals surface area contributed by atoms with Crippen LogP contribution in [0.25, 0.3) is 0 Å². The molecule has 0 aromatic carbocycles. The topological polar surface area (TPSA) is 41.7 Å². The summed E-state index contributed by atoms with van der Waals surface area (Å²) in [7, 11) is 2.23. The zero-order chi connectivity index (χ0) is 14.8. The van der Waals surface area contributed by atoms with E-state index in [0.717, 1.165) is 39.0 Å². The summed E-state index contributed by atoms with van der Waals surface area (Å²) >= 11 is 0. The normalized spacial score (nSPS) is 41.5. The van der Waals surface area contributed by atoms with Crippen LogP contribution in [0.1, 0.15) is 46.5 Å². The lowest BCUT2D eigenvalue weighted by molar-refractivity contribution is -0.135. The second kappa shape index (κ2) is 6.30. The van der Waals surface area contributed by atoms with E-state index in [1.807, 2.05) is 0 Å². The first-order chi connectivity index (χ1) is 9.45. The van der Waals surface area contributed by atoms with E-state index in [0.29, 0.717) is 6.04 Å². The van der Waals surface area contributed by atoms with Crippen LogP contribution < -0.4 is 5.73 Å². The molecule has 2 heterocycles. The van der Waals surface area contributed by atoms with Crippen molar-refractivity contribution in [1.29, 1.82) is 0 Å². The monoisotopic (exact) mass is 283 g/mol. The number of hydrogen-bond acceptors (Lipinski definition) is 4. The first-order valence-corrected chi connectivity index (χ1v) is 8.24. The highest BCUT2D eigenvalue weighted by molar-refractivity contribution is 5.02. The molecular formula is C16H33N3O. The van der Waals surface area contributed by atoms with Gasteiger partial charge >= 0.3 is 0 Å². The van der Waals surface area contributed by atoms with E-state index in [1.54, 1.807) is 0 Å². The van der Waals surface area contributed by atoms with E-state index in [-0.39, 0.29) is 11.1 Å². The predicted molar refractivity (Wildman–Crippen MR) is 83.9 cm³/mol. The van der Waals surface area contributed by atoms with Gasteiger partial charge in [0.25, 0.3) is 0 Å². The molecule has 20 heavy (non-hydrogen) atoms. The fourth-order valence-electron chi connectivity index (χ4n) is 4.16. The van der Waals surface area contributed by atoms with Crippen molar-refractivity contribution in [3.05, 3.63) is 0 Å². The Morgan fingerprint density at radius 1 is 1.35 bits per heavy atom. The first kappa shape index (κ1) is 16.2. The summed E-state index contributed by atoms with van der Waals surface area (Å²) in [6, 6.07) is 0.574. The Hall–Kier alpha value is -0.160. The summed E-state index contributed by atoms with van der Waals surface area (Å²) in [5, 5.41) is 0. The zero-order valence-electron chi connectivity index (χ0n) is 13.8. The summed E-state index contributed by atoms with van der Waals surface area (Å²) < 4.78 is 6.06. The largest absolute Gasteiger partial charge is 0.375 e. The van der Waals surface area contributed by atoms with Gasteiger partial charge in [-0.2, -0.15) is 0 Å². The minimum Gasteiger partial charge on any atom is -0.375 e. The van der Waals surface area contributed by atoms with Gasteiger partial charge in [0, 0.05) is 37.8 Å². The molecule has 0 aliphatic carbocycles. The van der Waals surface area contributed by atoms with Gasteiger partial charge in [-0.15, -0.1) is 0 Å². The zero-order valence-corrected chi connectivity index (χ0v) is 13.8. The Bertz CT molecular complexity index is 325. The third-order valence-electron chi connectivity index (χ3n) is 5.50. The maximum atomic E-state index is 6.28. The number of nitrogens with two attached hydrogens (primary N) is 1. The molecule has 0 bridgehead atoms. The highest BCUT2D eigenvalue weighted by Gasteiger charge is 2.46. The maximum absolute atomic E-state index is 6.28. The lowest BCUT2D eigenvalue weighted by Crippen LogP contribution is -2.63. The Labute approximate surface area is 124 Å². The fourth-order valence-corrected chi connectivity index (χ4v) is 4.16. The van der Waals surface area contributed by atoms with Crippen LogP contribution in [0.5, 0.6) is 0 Å². The Morgan fingerprint density at radius 2 is 2.10 bits per heavy atom. The molecule has 0 aromatic rings. The van der Waals surface area contributed by atoms with E-state index in [1.165, 1.54) is 19.5 Å². The van der Waals surface area contributed by atoms with Crippen molar-refractivity contribution in [2.45, 2.75) is 63.6 Å². The van der Waals surface area contributed by atoms with Crippen molar-refractivity contribution in [2.24, 2.45) is 5.73 Å². The van der Waals surface area contributed by atoms with Gasteiger partial charge in [-0.1, -0.05) is 6.92 Å². The van der Waals surface area contributed by atoms with Crippen LogP contribution in [-0.2, 0) is 4.74 Å². The number of hydrogen-bond donors (Lipinski definition) is 1. The van der Waals surface area contributed by atoms with Crippen LogP contribution in [0.4, 0.5) is 0 Å². The molecule has 4 heteroatoms. The molecule has 0 amide bonds. The lowest BCUT2D eigenvalue weighted by atomic mass is 9.77. The summed E-state index contributed by atoms with van der Waals surface area (Å²) in [5.41, 5.74) is 6.41. The summed E-state index contributed by atoms with van der Waals surface area (Å²) in [6.07, 6.45) is 4.46. The Kier molecular flexibility index (Phi) is 5.11. The molecule has 2 fully saturated rings. The maximum Gasteiger partial charge on any atom is 0.0670 e. The van der Waals surface area contributed by atoms with E-state index < -0.39 is 0 Å². The van der Waals surface area contributed by atoms with Crippen LogP contribution >= 0.6 is 0 Å². The summed E-state index contributed by atoms with van der Waals surface area (Å²) in [4.78, 5) is 5.15. The molecule has 0 aromatic heterocycles. The molecule has 3 atom stereocenters. The molecule has 2 aliphatic heterocycles. The van der Waals surface area contributed by atoms with Gasteiger partial charge in [0.1, 0.15) is 0 Å². The van der Waals surface area contributed by atoms with Crippen molar-refractivity contribution in [3.8, 4) is 0 Å². The van der Waals surface area contributed by atoms with Crippen LogP contribution in [0.3, 0.4) is 0 Å². The van der Waals surface area contributed by atoms with Crippen molar-refractivity contribution in [1.82, 2.24) is 9.80 Å². The van der Waals surface area contributed by atoms with Crippen molar-refractivity contribution < 1.29 is 4.74 Å². The first-order valence-electron chi connectivity index (χ1n) is 8.24. The number of likely N-dealkylation sites (N-methyl/N-ethyl adjacent to an activating group) is 1. The molecule has 4 nitrogen and oxygen atoms in total. The van der Waals surface area contributed by atoms with Crippen LogP contribution in [0.15, 0.2) is 0 Å². The number of rotatable bonds is 3.